The molecule has 1 heterocycles. The lowest BCUT2D eigenvalue weighted by Gasteiger charge is -2.24. The Bertz CT molecular complexity index is 572. The van der Waals surface area contributed by atoms with Crippen molar-refractivity contribution in [1.29, 1.82) is 0 Å². The van der Waals surface area contributed by atoms with E-state index in [1.165, 1.54) is 12.1 Å². The molecule has 2 rings (SSSR count). The van der Waals surface area contributed by atoms with E-state index < -0.39 is 22.4 Å². The molecular weight excluding hydrogens is 285 g/mol. The summed E-state index contributed by atoms with van der Waals surface area (Å²) in [6.45, 7) is 1.61. The molecule has 114 valence electrons. The summed E-state index contributed by atoms with van der Waals surface area (Å²) in [6.07, 6.45) is -1.67. The van der Waals surface area contributed by atoms with Crippen LogP contribution in [0.3, 0.4) is 0 Å². The van der Waals surface area contributed by atoms with Gasteiger partial charge < -0.3 is 4.90 Å². The van der Waals surface area contributed by atoms with Gasteiger partial charge >= 0.3 is 6.18 Å². The fourth-order valence-corrected chi connectivity index (χ4v) is 2.30. The van der Waals surface area contributed by atoms with Crippen molar-refractivity contribution in [2.75, 3.05) is 20.1 Å². The molecule has 0 bridgehead atoms. The van der Waals surface area contributed by atoms with Gasteiger partial charge in [0, 0.05) is 25.2 Å². The second-order valence-electron chi connectivity index (χ2n) is 5.13. The number of piperidine rings is 1. The highest BCUT2D eigenvalue weighted by atomic mass is 19.4. The lowest BCUT2D eigenvalue weighted by molar-refractivity contribution is -0.385. The minimum absolute atomic E-state index is 0.00680. The van der Waals surface area contributed by atoms with Crippen LogP contribution in [0.25, 0.3) is 6.08 Å². The van der Waals surface area contributed by atoms with Gasteiger partial charge in [0.05, 0.1) is 10.5 Å². The van der Waals surface area contributed by atoms with E-state index in [4.69, 9.17) is 0 Å². The smallest absolute Gasteiger partial charge is 0.306 e. The normalized spacial score (nSPS) is 16.9. The van der Waals surface area contributed by atoms with Crippen molar-refractivity contribution >= 4 is 11.8 Å². The molecule has 1 aliphatic heterocycles. The molecular formula is C14H15F3N2O2. The van der Waals surface area contributed by atoms with E-state index in [9.17, 15) is 23.3 Å². The van der Waals surface area contributed by atoms with Gasteiger partial charge in [-0.05, 0) is 31.5 Å². The summed E-state index contributed by atoms with van der Waals surface area (Å²) in [5.74, 6) is 0. The Hall–Kier alpha value is -1.89. The lowest BCUT2D eigenvalue weighted by atomic mass is 9.98. The number of alkyl halides is 3. The quantitative estimate of drug-likeness (QED) is 0.617. The van der Waals surface area contributed by atoms with Crippen molar-refractivity contribution < 1.29 is 18.1 Å². The van der Waals surface area contributed by atoms with Crippen LogP contribution in [-0.4, -0.2) is 30.0 Å². The number of nitro groups is 1. The van der Waals surface area contributed by atoms with E-state index in [1.807, 2.05) is 7.05 Å². The molecule has 1 aliphatic rings. The number of hydrogen-bond acceptors (Lipinski definition) is 3. The molecule has 21 heavy (non-hydrogen) atoms. The van der Waals surface area contributed by atoms with Crippen LogP contribution in [0.15, 0.2) is 23.8 Å². The van der Waals surface area contributed by atoms with E-state index in [0.717, 1.165) is 24.7 Å². The number of benzene rings is 1. The van der Waals surface area contributed by atoms with Gasteiger partial charge in [0.2, 0.25) is 0 Å². The van der Waals surface area contributed by atoms with Crippen molar-refractivity contribution in [2.45, 2.75) is 19.0 Å². The summed E-state index contributed by atoms with van der Waals surface area (Å²) in [4.78, 5) is 11.9. The van der Waals surface area contributed by atoms with E-state index in [2.05, 4.69) is 4.90 Å². The van der Waals surface area contributed by atoms with Crippen LogP contribution >= 0.6 is 0 Å². The zero-order chi connectivity index (χ0) is 15.6. The first-order chi connectivity index (χ1) is 9.77. The summed E-state index contributed by atoms with van der Waals surface area (Å²) in [5, 5.41) is 10.6. The Kier molecular flexibility index (Phi) is 4.32. The van der Waals surface area contributed by atoms with Crippen LogP contribution in [0, 0.1) is 10.1 Å². The van der Waals surface area contributed by atoms with Gasteiger partial charge in [-0.3, -0.25) is 10.1 Å². The Morgan fingerprint density at radius 3 is 2.43 bits per heavy atom. The van der Waals surface area contributed by atoms with E-state index in [-0.39, 0.29) is 5.56 Å². The number of non-ortho nitro benzene ring substituents is 1. The number of nitro benzene ring substituents is 1. The Balaban J connectivity index is 2.39. The average molecular weight is 300 g/mol. The van der Waals surface area contributed by atoms with Crippen molar-refractivity contribution in [3.05, 3.63) is 45.0 Å². The lowest BCUT2D eigenvalue weighted by Crippen LogP contribution is -2.26. The molecule has 0 saturated carbocycles. The molecule has 1 aromatic carbocycles. The Morgan fingerprint density at radius 2 is 1.90 bits per heavy atom. The molecule has 0 aliphatic carbocycles. The molecule has 4 nitrogen and oxygen atoms in total. The van der Waals surface area contributed by atoms with Crippen molar-refractivity contribution in [1.82, 2.24) is 4.90 Å². The molecule has 1 saturated heterocycles. The third-order valence-electron chi connectivity index (χ3n) is 3.54. The van der Waals surface area contributed by atoms with Crippen LogP contribution < -0.4 is 0 Å². The molecule has 0 amide bonds. The highest BCUT2D eigenvalue weighted by Crippen LogP contribution is 2.36. The number of likely N-dealkylation sites (tertiary alicyclic amines) is 1. The first-order valence-corrected chi connectivity index (χ1v) is 6.51. The first-order valence-electron chi connectivity index (χ1n) is 6.51. The minimum Gasteiger partial charge on any atom is -0.306 e. The summed E-state index contributed by atoms with van der Waals surface area (Å²) in [6, 6.07) is 2.88. The minimum atomic E-state index is -4.61. The predicted molar refractivity (Wildman–Crippen MR) is 72.8 cm³/mol. The summed E-state index contributed by atoms with van der Waals surface area (Å²) in [5.41, 5.74) is -0.573. The number of nitrogens with zero attached hydrogens (tertiary/aromatic N) is 2. The van der Waals surface area contributed by atoms with E-state index >= 15 is 0 Å². The number of hydrogen-bond donors (Lipinski definition) is 0. The fraction of sp³-hybridized carbons (Fsp3) is 0.429. The fourth-order valence-electron chi connectivity index (χ4n) is 2.30. The second-order valence-corrected chi connectivity index (χ2v) is 5.13. The van der Waals surface area contributed by atoms with Crippen LogP contribution in [0.1, 0.15) is 24.0 Å². The first kappa shape index (κ1) is 15.5. The molecule has 0 radical (unpaired) electrons. The van der Waals surface area contributed by atoms with Crippen LogP contribution in [-0.2, 0) is 6.18 Å². The predicted octanol–water partition coefficient (Wildman–Crippen LogP) is 3.72. The average Bonchev–Trinajstić information content (AvgIpc) is 2.40. The van der Waals surface area contributed by atoms with E-state index in [1.54, 1.807) is 0 Å². The van der Waals surface area contributed by atoms with Crippen LogP contribution in [0.4, 0.5) is 18.9 Å². The van der Waals surface area contributed by atoms with Gasteiger partial charge in [0.1, 0.15) is 0 Å². The van der Waals surface area contributed by atoms with Crippen molar-refractivity contribution in [3.63, 3.8) is 0 Å². The van der Waals surface area contributed by atoms with E-state index in [0.29, 0.717) is 18.9 Å². The molecule has 0 spiro atoms. The molecule has 1 aromatic rings. The zero-order valence-corrected chi connectivity index (χ0v) is 11.5. The number of rotatable bonds is 2. The molecule has 0 N–H and O–H groups in total. The summed E-state index contributed by atoms with van der Waals surface area (Å²) >= 11 is 0. The van der Waals surface area contributed by atoms with Gasteiger partial charge in [-0.1, -0.05) is 11.6 Å². The maximum Gasteiger partial charge on any atom is 0.417 e. The van der Waals surface area contributed by atoms with Gasteiger partial charge in [0.25, 0.3) is 5.69 Å². The van der Waals surface area contributed by atoms with Gasteiger partial charge in [-0.2, -0.15) is 13.2 Å². The molecule has 1 fully saturated rings. The van der Waals surface area contributed by atoms with Gasteiger partial charge in [-0.15, -0.1) is 0 Å². The van der Waals surface area contributed by atoms with Gasteiger partial charge in [0.15, 0.2) is 0 Å². The largest absolute Gasteiger partial charge is 0.417 e. The molecule has 0 aromatic heterocycles. The molecule has 0 atom stereocenters. The molecule has 0 unspecified atom stereocenters. The third-order valence-corrected chi connectivity index (χ3v) is 3.54. The maximum atomic E-state index is 13.0. The van der Waals surface area contributed by atoms with Crippen molar-refractivity contribution in [2.24, 2.45) is 0 Å². The topological polar surface area (TPSA) is 46.4 Å². The maximum absolute atomic E-state index is 13.0. The second kappa shape index (κ2) is 5.85. The van der Waals surface area contributed by atoms with Crippen molar-refractivity contribution in [3.8, 4) is 0 Å². The third kappa shape index (κ3) is 3.81. The van der Waals surface area contributed by atoms with Crippen LogP contribution in [0.2, 0.25) is 0 Å². The molecule has 7 heteroatoms. The zero-order valence-electron chi connectivity index (χ0n) is 11.5. The monoisotopic (exact) mass is 300 g/mol. The Labute approximate surface area is 120 Å². The Morgan fingerprint density at radius 1 is 1.29 bits per heavy atom. The summed E-state index contributed by atoms with van der Waals surface area (Å²) < 4.78 is 39.1. The summed E-state index contributed by atoms with van der Waals surface area (Å²) in [7, 11) is 1.96. The van der Waals surface area contributed by atoms with Gasteiger partial charge in [-0.25, -0.2) is 0 Å². The SMILES string of the molecule is CN1CCC(=Cc2ccc([N+](=O)[O-])cc2C(F)(F)F)CC1. The highest BCUT2D eigenvalue weighted by molar-refractivity contribution is 5.60. The number of halogens is 3. The van der Waals surface area contributed by atoms with Crippen LogP contribution in [0.5, 0.6) is 0 Å². The standard InChI is InChI=1S/C14H15F3N2O2/c1-18-6-4-10(5-7-18)8-11-2-3-12(19(20)21)9-13(11)14(15,16)17/h2-3,8-9H,4-7H2,1H3. The highest BCUT2D eigenvalue weighted by Gasteiger charge is 2.34.